The minimum Gasteiger partial charge on any atom is -0.296 e. The summed E-state index contributed by atoms with van der Waals surface area (Å²) in [5.41, 5.74) is 1.44. The molecule has 0 saturated carbocycles. The smallest absolute Gasteiger partial charge is 0.213 e. The van der Waals surface area contributed by atoms with Crippen molar-refractivity contribution in [2.45, 2.75) is 18.8 Å². The molecule has 15 heavy (non-hydrogen) atoms. The third-order valence-electron chi connectivity index (χ3n) is 3.15. The van der Waals surface area contributed by atoms with Crippen molar-refractivity contribution in [2.75, 3.05) is 19.6 Å². The van der Waals surface area contributed by atoms with E-state index < -0.39 is 0 Å². The van der Waals surface area contributed by atoms with E-state index in [9.17, 15) is 4.79 Å². The lowest BCUT2D eigenvalue weighted by atomic mass is 9.89. The highest BCUT2D eigenvalue weighted by molar-refractivity contribution is 5.53. The van der Waals surface area contributed by atoms with E-state index in [-0.39, 0.29) is 0 Å². The number of piperidine rings is 1. The van der Waals surface area contributed by atoms with Crippen LogP contribution in [0.15, 0.2) is 30.3 Å². The summed E-state index contributed by atoms with van der Waals surface area (Å²) in [5.74, 6) is 0.675. The zero-order valence-corrected chi connectivity index (χ0v) is 8.86. The van der Waals surface area contributed by atoms with E-state index in [2.05, 4.69) is 35.2 Å². The third kappa shape index (κ3) is 2.66. The van der Waals surface area contributed by atoms with Gasteiger partial charge in [0, 0.05) is 0 Å². The highest BCUT2D eigenvalue weighted by Crippen LogP contribution is 2.27. The van der Waals surface area contributed by atoms with Crippen LogP contribution in [0.5, 0.6) is 0 Å². The van der Waals surface area contributed by atoms with Gasteiger partial charge in [0.1, 0.15) is 0 Å². The Balaban J connectivity index is 1.91. The molecule has 1 aromatic rings. The van der Waals surface area contributed by atoms with Crippen LogP contribution in [-0.2, 0) is 4.79 Å². The zero-order chi connectivity index (χ0) is 10.5. The number of hydrogen-bond donors (Lipinski definition) is 0. The van der Waals surface area contributed by atoms with E-state index in [1.165, 1.54) is 5.56 Å². The first-order valence-electron chi connectivity index (χ1n) is 5.52. The second kappa shape index (κ2) is 5.08. The van der Waals surface area contributed by atoms with Gasteiger partial charge < -0.3 is 0 Å². The summed E-state index contributed by atoms with van der Waals surface area (Å²) in [7, 11) is 0. The molecule has 2 nitrogen and oxygen atoms in total. The van der Waals surface area contributed by atoms with Crippen molar-refractivity contribution in [3.63, 3.8) is 0 Å². The summed E-state index contributed by atoms with van der Waals surface area (Å²) in [5, 5.41) is 0. The number of carbonyl (C=O) groups excluding carboxylic acids is 1. The van der Waals surface area contributed by atoms with Crippen LogP contribution in [0.25, 0.3) is 0 Å². The normalized spacial score (nSPS) is 18.9. The highest BCUT2D eigenvalue weighted by atomic mass is 16.1. The lowest BCUT2D eigenvalue weighted by Gasteiger charge is -2.30. The Bertz CT molecular complexity index is 302. The second-order valence-corrected chi connectivity index (χ2v) is 4.11. The van der Waals surface area contributed by atoms with Gasteiger partial charge in [0.2, 0.25) is 6.29 Å². The maximum absolute atomic E-state index is 10.3. The predicted octanol–water partition coefficient (Wildman–Crippen LogP) is 1.98. The molecule has 79 valence electrons. The van der Waals surface area contributed by atoms with Crippen LogP contribution >= 0.6 is 0 Å². The maximum atomic E-state index is 10.3. The second-order valence-electron chi connectivity index (χ2n) is 4.11. The molecule has 0 N–H and O–H groups in total. The molecule has 0 unspecified atom stereocenters. The minimum atomic E-state index is 0.474. The largest absolute Gasteiger partial charge is 0.296 e. The molecule has 0 amide bonds. The summed E-state index contributed by atoms with van der Waals surface area (Å²) >= 11 is 0. The lowest BCUT2D eigenvalue weighted by molar-refractivity contribution is 0.236. The van der Waals surface area contributed by atoms with Crippen molar-refractivity contribution < 1.29 is 4.79 Å². The minimum absolute atomic E-state index is 0.474. The van der Waals surface area contributed by atoms with Crippen LogP contribution in [0.4, 0.5) is 0 Å². The predicted molar refractivity (Wildman–Crippen MR) is 60.6 cm³/mol. The van der Waals surface area contributed by atoms with Gasteiger partial charge in [-0.25, -0.2) is 0 Å². The molecule has 1 aliphatic rings. The lowest BCUT2D eigenvalue weighted by Crippen LogP contribution is -2.34. The topological polar surface area (TPSA) is 20.3 Å². The summed E-state index contributed by atoms with van der Waals surface area (Å²) in [6, 6.07) is 10.7. The molecular formula is C13H16NO. The maximum Gasteiger partial charge on any atom is 0.213 e. The van der Waals surface area contributed by atoms with Gasteiger partial charge in [-0.15, -0.1) is 0 Å². The molecule has 0 atom stereocenters. The van der Waals surface area contributed by atoms with E-state index in [0.717, 1.165) is 25.9 Å². The van der Waals surface area contributed by atoms with Crippen LogP contribution in [0, 0.1) is 0 Å². The van der Waals surface area contributed by atoms with E-state index in [1.807, 2.05) is 6.29 Å². The number of nitrogens with zero attached hydrogens (tertiary/aromatic N) is 1. The highest BCUT2D eigenvalue weighted by Gasteiger charge is 2.19. The summed E-state index contributed by atoms with van der Waals surface area (Å²) < 4.78 is 0. The Kier molecular flexibility index (Phi) is 3.51. The van der Waals surface area contributed by atoms with Crippen molar-refractivity contribution in [1.29, 1.82) is 0 Å². The fourth-order valence-corrected chi connectivity index (χ4v) is 2.24. The molecule has 1 heterocycles. The quantitative estimate of drug-likeness (QED) is 0.747. The van der Waals surface area contributed by atoms with Gasteiger partial charge in [-0.05, 0) is 37.4 Å². The van der Waals surface area contributed by atoms with E-state index in [0.29, 0.717) is 12.5 Å². The third-order valence-corrected chi connectivity index (χ3v) is 3.15. The average molecular weight is 202 g/mol. The molecular weight excluding hydrogens is 186 g/mol. The molecule has 0 spiro atoms. The number of hydrogen-bond acceptors (Lipinski definition) is 2. The summed E-state index contributed by atoms with van der Waals surface area (Å²) in [6.45, 7) is 2.52. The molecule has 1 radical (unpaired) electrons. The van der Waals surface area contributed by atoms with Crippen LogP contribution in [0.2, 0.25) is 0 Å². The van der Waals surface area contributed by atoms with Crippen LogP contribution < -0.4 is 0 Å². The van der Waals surface area contributed by atoms with Crippen LogP contribution in [0.1, 0.15) is 24.3 Å². The Labute approximate surface area is 90.9 Å². The van der Waals surface area contributed by atoms with Crippen molar-refractivity contribution >= 4 is 6.29 Å². The molecule has 2 heteroatoms. The van der Waals surface area contributed by atoms with Gasteiger partial charge in [-0.3, -0.25) is 9.69 Å². The van der Waals surface area contributed by atoms with Crippen molar-refractivity contribution in [2.24, 2.45) is 0 Å². The van der Waals surface area contributed by atoms with Gasteiger partial charge in [0.15, 0.2) is 0 Å². The van der Waals surface area contributed by atoms with Gasteiger partial charge in [-0.1, -0.05) is 30.3 Å². The Morgan fingerprint density at radius 1 is 1.20 bits per heavy atom. The Morgan fingerprint density at radius 3 is 2.47 bits per heavy atom. The zero-order valence-electron chi connectivity index (χ0n) is 8.86. The molecule has 1 aliphatic heterocycles. The summed E-state index contributed by atoms with van der Waals surface area (Å²) in [4.78, 5) is 12.4. The number of likely N-dealkylation sites (tertiary alicyclic amines) is 1. The SMILES string of the molecule is O=[C]CN1CCC(c2ccccc2)CC1. The first-order chi connectivity index (χ1) is 7.40. The first kappa shape index (κ1) is 10.4. The molecule has 1 fully saturated rings. The Hall–Kier alpha value is -1.15. The van der Waals surface area contributed by atoms with Crippen molar-refractivity contribution in [3.05, 3.63) is 35.9 Å². The van der Waals surface area contributed by atoms with Gasteiger partial charge in [0.25, 0.3) is 0 Å². The van der Waals surface area contributed by atoms with Crippen molar-refractivity contribution in [1.82, 2.24) is 4.90 Å². The average Bonchev–Trinajstić information content (AvgIpc) is 2.32. The molecule has 1 aromatic carbocycles. The van der Waals surface area contributed by atoms with Gasteiger partial charge >= 0.3 is 0 Å². The van der Waals surface area contributed by atoms with E-state index >= 15 is 0 Å². The fraction of sp³-hybridized carbons (Fsp3) is 0.462. The number of rotatable bonds is 3. The molecule has 0 aliphatic carbocycles. The van der Waals surface area contributed by atoms with E-state index in [1.54, 1.807) is 0 Å². The molecule has 0 aromatic heterocycles. The van der Waals surface area contributed by atoms with Gasteiger partial charge in [-0.2, -0.15) is 0 Å². The van der Waals surface area contributed by atoms with Crippen LogP contribution in [-0.4, -0.2) is 30.8 Å². The van der Waals surface area contributed by atoms with Crippen LogP contribution in [0.3, 0.4) is 0 Å². The monoisotopic (exact) mass is 202 g/mol. The van der Waals surface area contributed by atoms with Gasteiger partial charge in [0.05, 0.1) is 6.54 Å². The van der Waals surface area contributed by atoms with E-state index in [4.69, 9.17) is 0 Å². The molecule has 0 bridgehead atoms. The fourth-order valence-electron chi connectivity index (χ4n) is 2.24. The molecule has 1 saturated heterocycles. The number of benzene rings is 1. The molecule has 2 rings (SSSR count). The Morgan fingerprint density at radius 2 is 1.87 bits per heavy atom. The summed E-state index contributed by atoms with van der Waals surface area (Å²) in [6.07, 6.45) is 4.28. The first-order valence-corrected chi connectivity index (χ1v) is 5.52. The standard InChI is InChI=1S/C13H16NO/c15-11-10-14-8-6-13(7-9-14)12-4-2-1-3-5-12/h1-5,13H,6-10H2. The van der Waals surface area contributed by atoms with Crippen molar-refractivity contribution in [3.8, 4) is 0 Å².